The number of pyridine rings is 1. The summed E-state index contributed by atoms with van der Waals surface area (Å²) in [5.74, 6) is 0. The largest absolute Gasteiger partial charge is 0.306 e. The van der Waals surface area contributed by atoms with E-state index in [1.807, 2.05) is 24.5 Å². The molecule has 3 heteroatoms. The highest BCUT2D eigenvalue weighted by atomic mass is 32.1. The van der Waals surface area contributed by atoms with E-state index in [1.54, 1.807) is 0 Å². The van der Waals surface area contributed by atoms with Gasteiger partial charge in [0.2, 0.25) is 0 Å². The Labute approximate surface area is 119 Å². The molecular weight excluding hydrogens is 252 g/mol. The van der Waals surface area contributed by atoms with Crippen molar-refractivity contribution in [1.29, 1.82) is 0 Å². The molecule has 0 radical (unpaired) electrons. The van der Waals surface area contributed by atoms with Crippen molar-refractivity contribution < 1.29 is 0 Å². The maximum absolute atomic E-state index is 4.43. The lowest BCUT2D eigenvalue weighted by atomic mass is 10.1. The summed E-state index contributed by atoms with van der Waals surface area (Å²) in [6.45, 7) is 7.46. The lowest BCUT2D eigenvalue weighted by Crippen LogP contribution is -2.22. The third-order valence-electron chi connectivity index (χ3n) is 3.18. The van der Waals surface area contributed by atoms with Crippen LogP contribution in [0.2, 0.25) is 0 Å². The lowest BCUT2D eigenvalue weighted by molar-refractivity contribution is 0.604. The third-order valence-corrected chi connectivity index (χ3v) is 4.48. The summed E-state index contributed by atoms with van der Waals surface area (Å²) in [5, 5.41) is 3.63. The fourth-order valence-electron chi connectivity index (χ4n) is 2.06. The molecule has 2 aromatic heterocycles. The quantitative estimate of drug-likeness (QED) is 0.857. The van der Waals surface area contributed by atoms with E-state index >= 15 is 0 Å². The van der Waals surface area contributed by atoms with E-state index in [-0.39, 0.29) is 6.04 Å². The zero-order valence-corrected chi connectivity index (χ0v) is 12.8. The van der Waals surface area contributed by atoms with E-state index in [0.29, 0.717) is 0 Å². The molecular formula is C16H22N2S. The molecule has 2 heterocycles. The maximum atomic E-state index is 4.43. The highest BCUT2D eigenvalue weighted by Gasteiger charge is 2.15. The van der Waals surface area contributed by atoms with Gasteiger partial charge in [-0.1, -0.05) is 19.9 Å². The van der Waals surface area contributed by atoms with Crippen LogP contribution in [0, 0.1) is 6.92 Å². The fraction of sp³-hybridized carbons (Fsp3) is 0.438. The van der Waals surface area contributed by atoms with Crippen molar-refractivity contribution in [3.8, 4) is 0 Å². The monoisotopic (exact) mass is 274 g/mol. The van der Waals surface area contributed by atoms with Gasteiger partial charge >= 0.3 is 0 Å². The van der Waals surface area contributed by atoms with Gasteiger partial charge in [-0.2, -0.15) is 0 Å². The Bertz CT molecular complexity index is 502. The molecule has 1 unspecified atom stereocenters. The first-order valence-electron chi connectivity index (χ1n) is 6.99. The van der Waals surface area contributed by atoms with Crippen LogP contribution in [0.5, 0.6) is 0 Å². The molecule has 19 heavy (non-hydrogen) atoms. The molecule has 0 saturated carbocycles. The maximum Gasteiger partial charge on any atom is 0.0686 e. The van der Waals surface area contributed by atoms with E-state index in [2.05, 4.69) is 48.4 Å². The Hall–Kier alpha value is -1.19. The van der Waals surface area contributed by atoms with Crippen LogP contribution in [-0.2, 0) is 6.42 Å². The number of aromatic nitrogens is 1. The summed E-state index contributed by atoms with van der Waals surface area (Å²) < 4.78 is 0. The predicted molar refractivity (Wildman–Crippen MR) is 82.8 cm³/mol. The highest BCUT2D eigenvalue weighted by molar-refractivity contribution is 7.12. The Balaban J connectivity index is 2.26. The van der Waals surface area contributed by atoms with E-state index < -0.39 is 0 Å². The van der Waals surface area contributed by atoms with Gasteiger partial charge in [0.1, 0.15) is 0 Å². The second kappa shape index (κ2) is 6.83. The van der Waals surface area contributed by atoms with E-state index in [0.717, 1.165) is 25.1 Å². The van der Waals surface area contributed by atoms with Crippen molar-refractivity contribution in [1.82, 2.24) is 10.3 Å². The minimum absolute atomic E-state index is 0.276. The molecule has 0 fully saturated rings. The minimum Gasteiger partial charge on any atom is -0.306 e. The molecule has 2 nitrogen and oxygen atoms in total. The van der Waals surface area contributed by atoms with Crippen LogP contribution in [0.25, 0.3) is 0 Å². The predicted octanol–water partition coefficient (Wildman–Crippen LogP) is 4.10. The second-order valence-electron chi connectivity index (χ2n) is 4.78. The first-order chi connectivity index (χ1) is 9.24. The van der Waals surface area contributed by atoms with Crippen LogP contribution in [0.3, 0.4) is 0 Å². The van der Waals surface area contributed by atoms with Crippen molar-refractivity contribution in [2.75, 3.05) is 6.54 Å². The van der Waals surface area contributed by atoms with Crippen molar-refractivity contribution in [2.24, 2.45) is 0 Å². The average Bonchev–Trinajstić information content (AvgIpc) is 2.90. The number of nitrogens with one attached hydrogen (secondary N) is 1. The van der Waals surface area contributed by atoms with Gasteiger partial charge in [0, 0.05) is 21.6 Å². The summed E-state index contributed by atoms with van der Waals surface area (Å²) in [4.78, 5) is 7.25. The number of hydrogen-bond donors (Lipinski definition) is 1. The molecule has 2 aromatic rings. The summed E-state index contributed by atoms with van der Waals surface area (Å²) in [6, 6.07) is 9.03. The number of thiophene rings is 1. The Morgan fingerprint density at radius 2 is 2.05 bits per heavy atom. The minimum atomic E-state index is 0.276. The second-order valence-corrected chi connectivity index (χ2v) is 5.98. The smallest absolute Gasteiger partial charge is 0.0686 e. The molecule has 0 amide bonds. The highest BCUT2D eigenvalue weighted by Crippen LogP contribution is 2.28. The molecule has 2 rings (SSSR count). The first-order valence-corrected chi connectivity index (χ1v) is 7.80. The number of aryl methyl sites for hydroxylation is 2. The van der Waals surface area contributed by atoms with E-state index in [9.17, 15) is 0 Å². The van der Waals surface area contributed by atoms with Gasteiger partial charge in [-0.25, -0.2) is 0 Å². The van der Waals surface area contributed by atoms with Gasteiger partial charge in [-0.15, -0.1) is 11.3 Å². The average molecular weight is 274 g/mol. The normalized spacial score (nSPS) is 12.6. The van der Waals surface area contributed by atoms with Crippen LogP contribution in [0.4, 0.5) is 0 Å². The molecule has 0 aliphatic heterocycles. The van der Waals surface area contributed by atoms with Crippen LogP contribution in [0.15, 0.2) is 30.5 Å². The Morgan fingerprint density at radius 3 is 2.63 bits per heavy atom. The molecule has 0 aromatic carbocycles. The van der Waals surface area contributed by atoms with Crippen molar-refractivity contribution in [2.45, 2.75) is 39.7 Å². The zero-order chi connectivity index (χ0) is 13.7. The molecule has 0 bridgehead atoms. The molecule has 1 N–H and O–H groups in total. The SMILES string of the molecule is CCCNC(c1ccc(C)nc1)c1ccc(CC)s1. The number of hydrogen-bond acceptors (Lipinski definition) is 3. The van der Waals surface area contributed by atoms with Crippen LogP contribution >= 0.6 is 11.3 Å². The van der Waals surface area contributed by atoms with Gasteiger partial charge in [0.25, 0.3) is 0 Å². The van der Waals surface area contributed by atoms with Crippen molar-refractivity contribution in [3.05, 3.63) is 51.5 Å². The molecule has 0 spiro atoms. The van der Waals surface area contributed by atoms with E-state index in [4.69, 9.17) is 0 Å². The van der Waals surface area contributed by atoms with Gasteiger partial charge < -0.3 is 5.32 Å². The van der Waals surface area contributed by atoms with Crippen LogP contribution in [-0.4, -0.2) is 11.5 Å². The lowest BCUT2D eigenvalue weighted by Gasteiger charge is -2.17. The van der Waals surface area contributed by atoms with Gasteiger partial charge in [-0.3, -0.25) is 4.98 Å². The summed E-state index contributed by atoms with van der Waals surface area (Å²) >= 11 is 1.90. The Morgan fingerprint density at radius 1 is 1.21 bits per heavy atom. The van der Waals surface area contributed by atoms with Crippen LogP contribution in [0.1, 0.15) is 47.3 Å². The molecule has 0 saturated heterocycles. The number of rotatable bonds is 6. The van der Waals surface area contributed by atoms with Crippen LogP contribution < -0.4 is 5.32 Å². The third kappa shape index (κ3) is 3.64. The summed E-state index contributed by atoms with van der Waals surface area (Å²) in [6.07, 6.45) is 4.24. The Kier molecular flexibility index (Phi) is 5.11. The first kappa shape index (κ1) is 14.2. The van der Waals surface area contributed by atoms with Crippen molar-refractivity contribution in [3.63, 3.8) is 0 Å². The summed E-state index contributed by atoms with van der Waals surface area (Å²) in [7, 11) is 0. The van der Waals surface area contributed by atoms with Crippen molar-refractivity contribution >= 4 is 11.3 Å². The molecule has 102 valence electrons. The molecule has 0 aliphatic rings. The molecule has 1 atom stereocenters. The van der Waals surface area contributed by atoms with E-state index in [1.165, 1.54) is 15.3 Å². The fourth-order valence-corrected chi connectivity index (χ4v) is 3.12. The molecule has 0 aliphatic carbocycles. The number of nitrogens with zero attached hydrogens (tertiary/aromatic N) is 1. The zero-order valence-electron chi connectivity index (χ0n) is 11.9. The topological polar surface area (TPSA) is 24.9 Å². The van der Waals surface area contributed by atoms with Gasteiger partial charge in [0.15, 0.2) is 0 Å². The standard InChI is InChI=1S/C16H22N2S/c1-4-10-17-16(13-7-6-12(3)18-11-13)15-9-8-14(5-2)19-15/h6-9,11,16-17H,4-5,10H2,1-3H3. The summed E-state index contributed by atoms with van der Waals surface area (Å²) in [5.41, 5.74) is 2.32. The van der Waals surface area contributed by atoms with Gasteiger partial charge in [0.05, 0.1) is 6.04 Å². The van der Waals surface area contributed by atoms with Gasteiger partial charge in [-0.05, 0) is 50.1 Å².